The quantitative estimate of drug-likeness (QED) is 0.374. The van der Waals surface area contributed by atoms with Gasteiger partial charge in [0.1, 0.15) is 0 Å². The van der Waals surface area contributed by atoms with Crippen LogP contribution in [-0.4, -0.2) is 46.7 Å². The van der Waals surface area contributed by atoms with E-state index in [2.05, 4.69) is 10.4 Å². The number of hydrazine groups is 1. The van der Waals surface area contributed by atoms with Crippen molar-refractivity contribution in [2.24, 2.45) is 17.6 Å². The summed E-state index contributed by atoms with van der Waals surface area (Å²) in [7, 11) is 0. The molecule has 0 radical (unpaired) electrons. The lowest BCUT2D eigenvalue weighted by molar-refractivity contribution is -0.144. The van der Waals surface area contributed by atoms with E-state index in [-0.39, 0.29) is 25.2 Å². The Bertz CT molecular complexity index is 966. The minimum atomic E-state index is -1.32. The van der Waals surface area contributed by atoms with Gasteiger partial charge in [0.2, 0.25) is 11.8 Å². The van der Waals surface area contributed by atoms with Crippen molar-refractivity contribution in [2.75, 3.05) is 13.2 Å². The second-order valence-corrected chi connectivity index (χ2v) is 8.71. The van der Waals surface area contributed by atoms with E-state index in [1.54, 1.807) is 6.07 Å². The van der Waals surface area contributed by atoms with E-state index >= 15 is 0 Å². The van der Waals surface area contributed by atoms with Crippen LogP contribution in [0.3, 0.4) is 0 Å². The Morgan fingerprint density at radius 3 is 2.55 bits per heavy atom. The van der Waals surface area contributed by atoms with Crippen LogP contribution in [0, 0.1) is 11.8 Å². The number of Topliss-reactive ketones (excluding diaryl/α,β-unsaturated/α-hetero) is 1. The lowest BCUT2D eigenvalue weighted by atomic mass is 9.81. The molecular weight excluding hydrogens is 427 g/mol. The molecule has 1 aromatic heterocycles. The van der Waals surface area contributed by atoms with Gasteiger partial charge in [-0.15, -0.1) is 0 Å². The Labute approximate surface area is 192 Å². The van der Waals surface area contributed by atoms with Crippen molar-refractivity contribution < 1.29 is 23.6 Å². The van der Waals surface area contributed by atoms with Gasteiger partial charge in [0.15, 0.2) is 12.5 Å². The number of H-pyrrole nitrogens is 1. The van der Waals surface area contributed by atoms with Crippen LogP contribution in [0.5, 0.6) is 0 Å². The molecule has 9 heteroatoms. The second-order valence-electron chi connectivity index (χ2n) is 8.71. The minimum absolute atomic E-state index is 0.0391. The highest BCUT2D eigenvalue weighted by molar-refractivity contribution is 6.01. The number of nitrogens with one attached hydrogen (secondary N) is 2. The number of rotatable bonds is 10. The number of ketones is 1. The van der Waals surface area contributed by atoms with E-state index in [4.69, 9.17) is 5.73 Å². The number of amides is 3. The molecule has 1 saturated carbocycles. The molecule has 1 heterocycles. The molecule has 0 saturated heterocycles. The number of para-hydroxylation sites is 1. The van der Waals surface area contributed by atoms with Crippen molar-refractivity contribution in [1.82, 2.24) is 15.4 Å². The lowest BCUT2D eigenvalue weighted by Gasteiger charge is -2.28. The molecule has 0 aliphatic heterocycles. The molecule has 0 bridgehead atoms. The van der Waals surface area contributed by atoms with Crippen LogP contribution in [0.1, 0.15) is 61.9 Å². The molecule has 1 aliphatic carbocycles. The first-order valence-electron chi connectivity index (χ1n) is 11.4. The highest BCUT2D eigenvalue weighted by atomic mass is 19.1. The van der Waals surface area contributed by atoms with Gasteiger partial charge < -0.3 is 10.7 Å². The molecule has 2 aromatic rings. The van der Waals surface area contributed by atoms with Gasteiger partial charge in [0.25, 0.3) is 5.91 Å². The number of halogens is 1. The summed E-state index contributed by atoms with van der Waals surface area (Å²) in [5, 5.41) is 1.69. The minimum Gasteiger partial charge on any atom is -0.370 e. The van der Waals surface area contributed by atoms with Gasteiger partial charge >= 0.3 is 0 Å². The maximum absolute atomic E-state index is 13.1. The predicted octanol–water partition coefficient (Wildman–Crippen LogP) is 3.03. The number of benzene rings is 1. The Kier molecular flexibility index (Phi) is 8.57. The Morgan fingerprint density at radius 2 is 1.88 bits per heavy atom. The smallest absolute Gasteiger partial charge is 0.272 e. The van der Waals surface area contributed by atoms with E-state index in [1.165, 1.54) is 0 Å². The van der Waals surface area contributed by atoms with Gasteiger partial charge in [-0.1, -0.05) is 50.3 Å². The fourth-order valence-corrected chi connectivity index (χ4v) is 4.43. The van der Waals surface area contributed by atoms with E-state index in [0.29, 0.717) is 18.0 Å². The molecule has 1 fully saturated rings. The largest absolute Gasteiger partial charge is 0.370 e. The fourth-order valence-electron chi connectivity index (χ4n) is 4.43. The summed E-state index contributed by atoms with van der Waals surface area (Å²) in [5.74, 6) is -2.76. The van der Waals surface area contributed by atoms with E-state index in [1.807, 2.05) is 24.3 Å². The number of alkyl halides is 1. The molecule has 4 N–H and O–H groups in total. The molecule has 1 aromatic carbocycles. The van der Waals surface area contributed by atoms with Gasteiger partial charge in [0.05, 0.1) is 12.2 Å². The number of nitrogens with zero attached hydrogens (tertiary/aromatic N) is 1. The first-order valence-corrected chi connectivity index (χ1v) is 11.4. The predicted molar refractivity (Wildman–Crippen MR) is 122 cm³/mol. The highest BCUT2D eigenvalue weighted by Gasteiger charge is 2.29. The monoisotopic (exact) mass is 458 g/mol. The van der Waals surface area contributed by atoms with E-state index in [9.17, 15) is 23.6 Å². The van der Waals surface area contributed by atoms with Crippen LogP contribution in [0.4, 0.5) is 4.39 Å². The molecule has 3 amide bonds. The lowest BCUT2D eigenvalue weighted by Crippen LogP contribution is -2.50. The van der Waals surface area contributed by atoms with Crippen LogP contribution >= 0.6 is 0 Å². The normalized spacial score (nSPS) is 15.2. The number of fused-ring (bicyclic) bond motifs is 1. The maximum atomic E-state index is 13.1. The van der Waals surface area contributed by atoms with E-state index < -0.39 is 30.3 Å². The molecule has 1 atom stereocenters. The van der Waals surface area contributed by atoms with Gasteiger partial charge in [-0.25, -0.2) is 4.39 Å². The molecule has 0 unspecified atom stereocenters. The van der Waals surface area contributed by atoms with Crippen molar-refractivity contribution in [2.45, 2.75) is 51.4 Å². The van der Waals surface area contributed by atoms with Crippen molar-refractivity contribution in [3.05, 3.63) is 36.0 Å². The number of aromatic amines is 1. The second kappa shape index (κ2) is 11.6. The van der Waals surface area contributed by atoms with E-state index in [0.717, 1.165) is 48.0 Å². The number of primary amides is 1. The van der Waals surface area contributed by atoms with Crippen molar-refractivity contribution in [3.8, 4) is 0 Å². The molecule has 3 rings (SSSR count). The molecule has 8 nitrogen and oxygen atoms in total. The van der Waals surface area contributed by atoms with Crippen LogP contribution in [0.2, 0.25) is 0 Å². The van der Waals surface area contributed by atoms with Crippen LogP contribution in [0.15, 0.2) is 30.3 Å². The van der Waals surface area contributed by atoms with Crippen molar-refractivity contribution >= 4 is 34.4 Å². The van der Waals surface area contributed by atoms with Gasteiger partial charge in [-0.2, -0.15) is 0 Å². The standard InChI is InChI=1S/C24H31FN4O4/c25-15-23(32)29(11-10-22(26)31)28-24(33)18(12-16-6-2-1-3-7-16)14-21(30)20-13-17-8-4-5-9-19(17)27-20/h4-5,8-9,13,16,18,27H,1-3,6-7,10-12,14-15H2,(H2,26,31)(H,28,33)/t18-/m1/s1. The van der Waals surface area contributed by atoms with Crippen molar-refractivity contribution in [3.63, 3.8) is 0 Å². The first-order chi connectivity index (χ1) is 15.9. The molecular formula is C24H31FN4O4. The van der Waals surface area contributed by atoms with Gasteiger partial charge in [-0.3, -0.25) is 29.6 Å². The summed E-state index contributed by atoms with van der Waals surface area (Å²) in [6, 6.07) is 9.28. The topological polar surface area (TPSA) is 125 Å². The first kappa shape index (κ1) is 24.4. The molecule has 1 aliphatic rings. The number of hydrogen-bond acceptors (Lipinski definition) is 4. The molecule has 178 valence electrons. The van der Waals surface area contributed by atoms with Gasteiger partial charge in [-0.05, 0) is 24.5 Å². The van der Waals surface area contributed by atoms with Crippen molar-refractivity contribution in [1.29, 1.82) is 0 Å². The third kappa shape index (κ3) is 6.87. The zero-order valence-corrected chi connectivity index (χ0v) is 18.6. The number of nitrogens with two attached hydrogens (primary N) is 1. The summed E-state index contributed by atoms with van der Waals surface area (Å²) in [5.41, 5.74) is 8.81. The third-order valence-electron chi connectivity index (χ3n) is 6.22. The molecule has 0 spiro atoms. The SMILES string of the molecule is NC(=O)CCN(NC(=O)[C@@H](CC(=O)c1cc2ccccc2[nH]1)CC1CCCCC1)C(=O)CF. The summed E-state index contributed by atoms with van der Waals surface area (Å²) in [4.78, 5) is 52.3. The average molecular weight is 459 g/mol. The number of carbonyl (C=O) groups is 4. The van der Waals surface area contributed by atoms with Crippen LogP contribution in [0.25, 0.3) is 10.9 Å². The Balaban J connectivity index is 1.75. The fraction of sp³-hybridized carbons (Fsp3) is 0.500. The number of hydrogen-bond donors (Lipinski definition) is 3. The Morgan fingerprint density at radius 1 is 1.15 bits per heavy atom. The summed E-state index contributed by atoms with van der Waals surface area (Å²) < 4.78 is 13.0. The zero-order valence-electron chi connectivity index (χ0n) is 18.6. The number of aromatic nitrogens is 1. The maximum Gasteiger partial charge on any atom is 0.272 e. The zero-order chi connectivity index (χ0) is 23.8. The number of carbonyl (C=O) groups excluding carboxylic acids is 4. The molecule has 33 heavy (non-hydrogen) atoms. The summed E-state index contributed by atoms with van der Waals surface area (Å²) >= 11 is 0. The summed E-state index contributed by atoms with van der Waals surface area (Å²) in [6.45, 7) is -1.55. The van der Waals surface area contributed by atoms with Crippen LogP contribution in [-0.2, 0) is 14.4 Å². The van der Waals surface area contributed by atoms with Gasteiger partial charge in [0, 0.05) is 29.7 Å². The summed E-state index contributed by atoms with van der Waals surface area (Å²) in [6.07, 6.45) is 5.55. The highest BCUT2D eigenvalue weighted by Crippen LogP contribution is 2.31. The average Bonchev–Trinajstić information content (AvgIpc) is 3.25. The Hall–Kier alpha value is -3.23. The third-order valence-corrected chi connectivity index (χ3v) is 6.22. The van der Waals surface area contributed by atoms with Crippen LogP contribution < -0.4 is 11.2 Å².